The molecule has 0 aliphatic carbocycles. The summed E-state index contributed by atoms with van der Waals surface area (Å²) in [6.45, 7) is 14.5. The number of piperidine rings is 2. The van der Waals surface area contributed by atoms with Crippen molar-refractivity contribution < 1.29 is 14.3 Å². The van der Waals surface area contributed by atoms with E-state index in [1.165, 1.54) is 0 Å². The molecular formula is C27H41N3O3. The zero-order chi connectivity index (χ0) is 23.5. The van der Waals surface area contributed by atoms with Crippen LogP contribution in [0.25, 0.3) is 0 Å². The van der Waals surface area contributed by atoms with E-state index in [1.807, 2.05) is 30.9 Å². The number of rotatable bonds is 4. The Morgan fingerprint density at radius 2 is 1.52 bits per heavy atom. The summed E-state index contributed by atoms with van der Waals surface area (Å²) in [6.07, 6.45) is 4.54. The lowest BCUT2D eigenvalue weighted by molar-refractivity contribution is -0.138. The summed E-state index contributed by atoms with van der Waals surface area (Å²) in [5.74, 6) is 0.901. The maximum atomic E-state index is 13.3. The molecule has 0 spiro atoms. The number of benzene rings is 1. The van der Waals surface area contributed by atoms with Crippen molar-refractivity contribution in [3.63, 3.8) is 0 Å². The Kier molecular flexibility index (Phi) is 7.75. The highest BCUT2D eigenvalue weighted by Crippen LogP contribution is 2.26. The number of nitrogens with zero attached hydrogens (tertiary/aromatic N) is 3. The first kappa shape index (κ1) is 24.2. The predicted molar refractivity (Wildman–Crippen MR) is 130 cm³/mol. The number of hydrogen-bond donors (Lipinski definition) is 0. The van der Waals surface area contributed by atoms with Gasteiger partial charge in [-0.3, -0.25) is 14.5 Å². The van der Waals surface area contributed by atoms with E-state index in [-0.39, 0.29) is 17.7 Å². The lowest BCUT2D eigenvalue weighted by atomic mass is 9.92. The molecule has 0 aromatic heterocycles. The number of hydrogen-bond acceptors (Lipinski definition) is 4. The average Bonchev–Trinajstić information content (AvgIpc) is 2.77. The monoisotopic (exact) mass is 455 g/mol. The third-order valence-electron chi connectivity index (χ3n) is 7.46. The normalized spacial score (nSPS) is 27.6. The van der Waals surface area contributed by atoms with Gasteiger partial charge in [-0.25, -0.2) is 0 Å². The number of ether oxygens (including phenoxy) is 1. The Balaban J connectivity index is 1.28. The Labute approximate surface area is 199 Å². The molecule has 0 saturated carbocycles. The molecule has 33 heavy (non-hydrogen) atoms. The van der Waals surface area contributed by atoms with Crippen LogP contribution in [0.2, 0.25) is 0 Å². The van der Waals surface area contributed by atoms with Crippen molar-refractivity contribution in [1.82, 2.24) is 14.7 Å². The van der Waals surface area contributed by atoms with Gasteiger partial charge in [0.15, 0.2) is 0 Å². The minimum atomic E-state index is -0.0638. The third-order valence-corrected chi connectivity index (χ3v) is 7.46. The van der Waals surface area contributed by atoms with Crippen molar-refractivity contribution in [1.29, 1.82) is 0 Å². The van der Waals surface area contributed by atoms with Crippen molar-refractivity contribution in [3.8, 4) is 0 Å². The van der Waals surface area contributed by atoms with Gasteiger partial charge >= 0.3 is 0 Å². The van der Waals surface area contributed by atoms with Crippen LogP contribution in [0.1, 0.15) is 61.0 Å². The van der Waals surface area contributed by atoms with Crippen LogP contribution in [-0.2, 0) is 9.53 Å². The van der Waals surface area contributed by atoms with Crippen molar-refractivity contribution in [2.24, 2.45) is 11.8 Å². The molecule has 3 atom stereocenters. The van der Waals surface area contributed by atoms with E-state index in [0.29, 0.717) is 24.7 Å². The number of aryl methyl sites for hydroxylation is 2. The minimum Gasteiger partial charge on any atom is -0.373 e. The van der Waals surface area contributed by atoms with Gasteiger partial charge in [-0.1, -0.05) is 17.2 Å². The largest absolute Gasteiger partial charge is 0.373 e. The summed E-state index contributed by atoms with van der Waals surface area (Å²) in [6, 6.07) is 6.01. The molecule has 3 fully saturated rings. The van der Waals surface area contributed by atoms with E-state index in [1.54, 1.807) is 0 Å². The molecule has 182 valence electrons. The first-order valence-corrected chi connectivity index (χ1v) is 12.8. The van der Waals surface area contributed by atoms with Crippen LogP contribution < -0.4 is 0 Å². The second kappa shape index (κ2) is 10.6. The lowest BCUT2D eigenvalue weighted by Gasteiger charge is -2.41. The molecule has 1 aromatic rings. The Hall–Kier alpha value is -1.92. The molecule has 4 rings (SSSR count). The van der Waals surface area contributed by atoms with Gasteiger partial charge in [0.2, 0.25) is 5.91 Å². The fraction of sp³-hybridized carbons (Fsp3) is 0.704. The number of morpholine rings is 1. The molecule has 1 aromatic carbocycles. The molecule has 6 heteroatoms. The van der Waals surface area contributed by atoms with E-state index in [9.17, 15) is 9.59 Å². The maximum Gasteiger partial charge on any atom is 0.253 e. The van der Waals surface area contributed by atoms with Gasteiger partial charge in [0.05, 0.1) is 18.1 Å². The fourth-order valence-electron chi connectivity index (χ4n) is 6.04. The zero-order valence-electron chi connectivity index (χ0n) is 20.9. The molecule has 3 heterocycles. The Morgan fingerprint density at radius 3 is 2.15 bits per heavy atom. The SMILES string of the molecule is Cc1cc(C)cc(C(=O)N2CCCC(C(=O)N3CCC(CN4CC(C)OC(C)C4)CC3)C2)c1. The number of amides is 2. The number of likely N-dealkylation sites (tertiary alicyclic amines) is 2. The van der Waals surface area contributed by atoms with Crippen LogP contribution in [0.3, 0.4) is 0 Å². The minimum absolute atomic E-state index is 0.0620. The van der Waals surface area contributed by atoms with Crippen LogP contribution >= 0.6 is 0 Å². The van der Waals surface area contributed by atoms with Gasteiger partial charge < -0.3 is 14.5 Å². The summed E-state index contributed by atoms with van der Waals surface area (Å²) in [4.78, 5) is 32.9. The van der Waals surface area contributed by atoms with Gasteiger partial charge in [-0.2, -0.15) is 0 Å². The second-order valence-corrected chi connectivity index (χ2v) is 10.7. The van der Waals surface area contributed by atoms with Crippen LogP contribution in [0.4, 0.5) is 0 Å². The molecule has 3 saturated heterocycles. The average molecular weight is 456 g/mol. The van der Waals surface area contributed by atoms with Gasteiger partial charge in [-0.05, 0) is 71.4 Å². The van der Waals surface area contributed by atoms with Gasteiger partial charge in [0.1, 0.15) is 0 Å². The van der Waals surface area contributed by atoms with Crippen molar-refractivity contribution in [3.05, 3.63) is 34.9 Å². The number of carbonyl (C=O) groups excluding carboxylic acids is 2. The topological polar surface area (TPSA) is 53.1 Å². The molecule has 0 bridgehead atoms. The smallest absolute Gasteiger partial charge is 0.253 e. The quantitative estimate of drug-likeness (QED) is 0.697. The Morgan fingerprint density at radius 1 is 0.879 bits per heavy atom. The van der Waals surface area contributed by atoms with Crippen molar-refractivity contribution in [2.45, 2.75) is 65.6 Å². The summed E-state index contributed by atoms with van der Waals surface area (Å²) in [7, 11) is 0. The molecule has 3 unspecified atom stereocenters. The second-order valence-electron chi connectivity index (χ2n) is 10.7. The highest BCUT2D eigenvalue weighted by molar-refractivity contribution is 5.95. The van der Waals surface area contributed by atoms with E-state index < -0.39 is 0 Å². The van der Waals surface area contributed by atoms with Crippen molar-refractivity contribution >= 4 is 11.8 Å². The molecule has 3 aliphatic heterocycles. The van der Waals surface area contributed by atoms with Gasteiger partial charge in [0, 0.05) is 51.4 Å². The van der Waals surface area contributed by atoms with Crippen LogP contribution in [0, 0.1) is 25.7 Å². The maximum absolute atomic E-state index is 13.3. The first-order valence-electron chi connectivity index (χ1n) is 12.8. The van der Waals surface area contributed by atoms with Crippen LogP contribution in [0.15, 0.2) is 18.2 Å². The molecule has 2 amide bonds. The van der Waals surface area contributed by atoms with E-state index in [0.717, 1.165) is 81.6 Å². The highest BCUT2D eigenvalue weighted by Gasteiger charge is 2.34. The molecular weight excluding hydrogens is 414 g/mol. The van der Waals surface area contributed by atoms with Gasteiger partial charge in [-0.15, -0.1) is 0 Å². The third kappa shape index (κ3) is 6.15. The molecule has 0 N–H and O–H groups in total. The number of carbonyl (C=O) groups is 2. The summed E-state index contributed by atoms with van der Waals surface area (Å²) in [5.41, 5.74) is 2.95. The van der Waals surface area contributed by atoms with Crippen LogP contribution in [-0.4, -0.2) is 84.5 Å². The molecule has 6 nitrogen and oxygen atoms in total. The van der Waals surface area contributed by atoms with E-state index in [2.05, 4.69) is 29.7 Å². The van der Waals surface area contributed by atoms with E-state index in [4.69, 9.17) is 4.74 Å². The highest BCUT2D eigenvalue weighted by atomic mass is 16.5. The summed E-state index contributed by atoms with van der Waals surface area (Å²) in [5, 5.41) is 0. The van der Waals surface area contributed by atoms with Crippen LogP contribution in [0.5, 0.6) is 0 Å². The molecule has 0 radical (unpaired) electrons. The van der Waals surface area contributed by atoms with Crippen molar-refractivity contribution in [2.75, 3.05) is 45.8 Å². The zero-order valence-corrected chi connectivity index (χ0v) is 20.9. The van der Waals surface area contributed by atoms with Gasteiger partial charge in [0.25, 0.3) is 5.91 Å². The lowest BCUT2D eigenvalue weighted by Crippen LogP contribution is -2.50. The Bertz CT molecular complexity index is 819. The predicted octanol–water partition coefficient (Wildman–Crippen LogP) is 3.50. The standard InChI is InChI=1S/C27H41N3O3/c1-19-12-20(2)14-25(13-19)27(32)30-9-5-6-24(18-30)26(31)29-10-7-23(8-11-29)17-28-15-21(3)33-22(4)16-28/h12-14,21-24H,5-11,15-18H2,1-4H3. The summed E-state index contributed by atoms with van der Waals surface area (Å²) < 4.78 is 5.86. The fourth-order valence-corrected chi connectivity index (χ4v) is 6.04. The van der Waals surface area contributed by atoms with E-state index >= 15 is 0 Å². The first-order chi connectivity index (χ1) is 15.8. The summed E-state index contributed by atoms with van der Waals surface area (Å²) >= 11 is 0. The molecule has 3 aliphatic rings.